The third-order valence-corrected chi connectivity index (χ3v) is 6.20. The maximum atomic E-state index is 13.0. The first-order valence-corrected chi connectivity index (χ1v) is 11.1. The SMILES string of the molecule is [2H]C1([2H])CC(N2Cc3c(OCc4ccc(CN5CCOCC5=O)cc4)cccc3C2=O)C(=O)NC1=O. The summed E-state index contributed by atoms with van der Waals surface area (Å²) in [5.74, 6) is -1.59. The Morgan fingerprint density at radius 3 is 2.68 bits per heavy atom. The van der Waals surface area contributed by atoms with Gasteiger partial charge in [-0.3, -0.25) is 24.5 Å². The van der Waals surface area contributed by atoms with E-state index in [1.54, 1.807) is 23.1 Å². The highest BCUT2D eigenvalue weighted by molar-refractivity contribution is 6.05. The topological polar surface area (TPSA) is 105 Å². The second-order valence-corrected chi connectivity index (χ2v) is 8.40. The Bertz CT molecular complexity index is 1230. The van der Waals surface area contributed by atoms with Crippen LogP contribution in [-0.2, 0) is 38.8 Å². The molecule has 2 saturated heterocycles. The minimum atomic E-state index is -2.24. The molecule has 3 aliphatic heterocycles. The summed E-state index contributed by atoms with van der Waals surface area (Å²) in [6.45, 7) is 2.08. The van der Waals surface area contributed by atoms with Crippen LogP contribution in [0.2, 0.25) is 0 Å². The molecule has 0 spiro atoms. The molecule has 0 aromatic heterocycles. The third-order valence-electron chi connectivity index (χ3n) is 6.20. The quantitative estimate of drug-likeness (QED) is 0.647. The van der Waals surface area contributed by atoms with E-state index >= 15 is 0 Å². The summed E-state index contributed by atoms with van der Waals surface area (Å²) in [6.07, 6.45) is -2.63. The molecule has 34 heavy (non-hydrogen) atoms. The summed E-state index contributed by atoms with van der Waals surface area (Å²) >= 11 is 0. The van der Waals surface area contributed by atoms with Crippen molar-refractivity contribution in [2.45, 2.75) is 38.5 Å². The number of fused-ring (bicyclic) bond motifs is 1. The van der Waals surface area contributed by atoms with Crippen LogP contribution in [0.4, 0.5) is 0 Å². The second kappa shape index (κ2) is 9.26. The Morgan fingerprint density at radius 2 is 1.88 bits per heavy atom. The van der Waals surface area contributed by atoms with Crippen molar-refractivity contribution in [2.24, 2.45) is 0 Å². The number of nitrogens with one attached hydrogen (secondary N) is 1. The Morgan fingerprint density at radius 1 is 1.09 bits per heavy atom. The van der Waals surface area contributed by atoms with E-state index in [9.17, 15) is 19.2 Å². The van der Waals surface area contributed by atoms with Gasteiger partial charge >= 0.3 is 0 Å². The van der Waals surface area contributed by atoms with Gasteiger partial charge in [-0.25, -0.2) is 0 Å². The zero-order valence-electron chi connectivity index (χ0n) is 20.4. The Balaban J connectivity index is 1.25. The van der Waals surface area contributed by atoms with E-state index in [-0.39, 0.29) is 25.7 Å². The van der Waals surface area contributed by atoms with Crippen LogP contribution < -0.4 is 10.1 Å². The number of nitrogens with zero attached hydrogens (tertiary/aromatic N) is 2. The van der Waals surface area contributed by atoms with Gasteiger partial charge in [0.05, 0.1) is 13.2 Å². The van der Waals surface area contributed by atoms with Crippen LogP contribution in [0.25, 0.3) is 0 Å². The van der Waals surface area contributed by atoms with E-state index in [1.807, 2.05) is 29.6 Å². The van der Waals surface area contributed by atoms with Gasteiger partial charge in [0.25, 0.3) is 5.91 Å². The molecular formula is C25H25N3O6. The maximum absolute atomic E-state index is 13.0. The Labute approximate surface area is 199 Å². The smallest absolute Gasteiger partial charge is 0.255 e. The molecule has 0 bridgehead atoms. The molecule has 1 atom stereocenters. The van der Waals surface area contributed by atoms with Gasteiger partial charge in [0, 0.05) is 33.3 Å². The fourth-order valence-electron chi connectivity index (χ4n) is 4.33. The van der Waals surface area contributed by atoms with Gasteiger partial charge in [-0.05, 0) is 29.7 Å². The molecule has 2 aromatic carbocycles. The van der Waals surface area contributed by atoms with Gasteiger partial charge < -0.3 is 19.3 Å². The Hall–Kier alpha value is -3.72. The fourth-order valence-corrected chi connectivity index (χ4v) is 4.33. The zero-order chi connectivity index (χ0) is 25.4. The molecule has 0 radical (unpaired) electrons. The van der Waals surface area contributed by atoms with Crippen LogP contribution in [-0.4, -0.2) is 59.2 Å². The molecule has 4 amide bonds. The molecule has 0 saturated carbocycles. The summed E-state index contributed by atoms with van der Waals surface area (Å²) < 4.78 is 26.9. The monoisotopic (exact) mass is 465 g/mol. The van der Waals surface area contributed by atoms with Crippen LogP contribution >= 0.6 is 0 Å². The average Bonchev–Trinajstić information content (AvgIpc) is 3.19. The van der Waals surface area contributed by atoms with Crippen molar-refractivity contribution < 1.29 is 31.4 Å². The number of hydrogen-bond acceptors (Lipinski definition) is 6. The van der Waals surface area contributed by atoms with Crippen molar-refractivity contribution in [3.63, 3.8) is 0 Å². The maximum Gasteiger partial charge on any atom is 0.255 e. The van der Waals surface area contributed by atoms with Gasteiger partial charge in [-0.1, -0.05) is 30.3 Å². The number of imide groups is 1. The molecule has 9 heteroatoms. The summed E-state index contributed by atoms with van der Waals surface area (Å²) in [5.41, 5.74) is 2.92. The molecule has 1 N–H and O–H groups in total. The molecule has 3 aliphatic rings. The van der Waals surface area contributed by atoms with Gasteiger partial charge in [0.1, 0.15) is 25.0 Å². The van der Waals surface area contributed by atoms with Crippen LogP contribution in [0.1, 0.15) is 42.6 Å². The number of morpholine rings is 1. The van der Waals surface area contributed by atoms with Crippen LogP contribution in [0.5, 0.6) is 5.75 Å². The number of piperidine rings is 1. The number of amides is 4. The molecule has 2 aromatic rings. The molecular weight excluding hydrogens is 438 g/mol. The molecule has 0 aliphatic carbocycles. The van der Waals surface area contributed by atoms with Crippen molar-refractivity contribution in [3.05, 3.63) is 64.7 Å². The minimum Gasteiger partial charge on any atom is -0.489 e. The van der Waals surface area contributed by atoms with Gasteiger partial charge in [0.15, 0.2) is 0 Å². The number of ether oxygens (including phenoxy) is 2. The minimum absolute atomic E-state index is 0.0244. The van der Waals surface area contributed by atoms with Crippen molar-refractivity contribution >= 4 is 23.6 Å². The predicted octanol–water partition coefficient (Wildman–Crippen LogP) is 1.39. The van der Waals surface area contributed by atoms with Crippen molar-refractivity contribution in [1.82, 2.24) is 15.1 Å². The average molecular weight is 466 g/mol. The highest BCUT2D eigenvalue weighted by Gasteiger charge is 2.40. The third kappa shape index (κ3) is 4.38. The summed E-state index contributed by atoms with van der Waals surface area (Å²) in [4.78, 5) is 52.1. The van der Waals surface area contributed by atoms with Crippen molar-refractivity contribution in [2.75, 3.05) is 19.8 Å². The number of carbonyl (C=O) groups is 4. The fraction of sp³-hybridized carbons (Fsp3) is 0.360. The van der Waals surface area contributed by atoms with Gasteiger partial charge in [-0.2, -0.15) is 0 Å². The largest absolute Gasteiger partial charge is 0.489 e. The normalized spacial score (nSPS) is 22.8. The highest BCUT2D eigenvalue weighted by Crippen LogP contribution is 2.34. The van der Waals surface area contributed by atoms with E-state index < -0.39 is 36.6 Å². The highest BCUT2D eigenvalue weighted by atomic mass is 16.5. The lowest BCUT2D eigenvalue weighted by Gasteiger charge is -2.29. The lowest BCUT2D eigenvalue weighted by atomic mass is 10.0. The number of benzene rings is 2. The molecule has 5 rings (SSSR count). The van der Waals surface area contributed by atoms with E-state index in [0.717, 1.165) is 11.1 Å². The van der Waals surface area contributed by atoms with Crippen LogP contribution in [0, 0.1) is 0 Å². The zero-order valence-corrected chi connectivity index (χ0v) is 18.4. The van der Waals surface area contributed by atoms with Gasteiger partial charge in [0.2, 0.25) is 17.7 Å². The van der Waals surface area contributed by atoms with Crippen molar-refractivity contribution in [3.8, 4) is 5.75 Å². The lowest BCUT2D eigenvalue weighted by Crippen LogP contribution is -2.52. The molecule has 2 fully saturated rings. The lowest BCUT2D eigenvalue weighted by molar-refractivity contribution is -0.143. The molecule has 9 nitrogen and oxygen atoms in total. The summed E-state index contributed by atoms with van der Waals surface area (Å²) in [6, 6.07) is 11.7. The van der Waals surface area contributed by atoms with Crippen LogP contribution in [0.3, 0.4) is 0 Å². The second-order valence-electron chi connectivity index (χ2n) is 8.40. The van der Waals surface area contributed by atoms with E-state index in [0.29, 0.717) is 36.6 Å². The number of carbonyl (C=O) groups excluding carboxylic acids is 4. The first-order chi connectivity index (χ1) is 17.2. The van der Waals surface area contributed by atoms with Gasteiger partial charge in [-0.15, -0.1) is 0 Å². The first-order valence-electron chi connectivity index (χ1n) is 12.1. The van der Waals surface area contributed by atoms with E-state index in [1.165, 1.54) is 4.90 Å². The van der Waals surface area contributed by atoms with E-state index in [4.69, 9.17) is 12.2 Å². The predicted molar refractivity (Wildman–Crippen MR) is 119 cm³/mol. The molecule has 3 heterocycles. The first kappa shape index (κ1) is 19.7. The van der Waals surface area contributed by atoms with Crippen molar-refractivity contribution in [1.29, 1.82) is 0 Å². The van der Waals surface area contributed by atoms with Crippen LogP contribution in [0.15, 0.2) is 42.5 Å². The molecule has 1 unspecified atom stereocenters. The number of rotatable bonds is 6. The standard InChI is InChI=1S/C25H25N3O6/c29-22-9-8-20(24(31)26-22)28-13-19-18(25(28)32)2-1-3-21(19)34-14-17-6-4-16(5-7-17)12-27-10-11-33-15-23(27)30/h1-7,20H,8-15H2,(H,26,29,31)/i9D2. The molecule has 176 valence electrons. The summed E-state index contributed by atoms with van der Waals surface area (Å²) in [7, 11) is 0. The Kier molecular flexibility index (Phi) is 5.37. The summed E-state index contributed by atoms with van der Waals surface area (Å²) in [5, 5.41) is 2.03. The van der Waals surface area contributed by atoms with E-state index in [2.05, 4.69) is 0 Å². The number of hydrogen-bond donors (Lipinski definition) is 1.